The van der Waals surface area contributed by atoms with Gasteiger partial charge >= 0.3 is 0 Å². The third-order valence-electron chi connectivity index (χ3n) is 2.10. The van der Waals surface area contributed by atoms with Gasteiger partial charge in [0.05, 0.1) is 0 Å². The quantitative estimate of drug-likeness (QED) is 0.460. The van der Waals surface area contributed by atoms with Gasteiger partial charge in [-0.3, -0.25) is 0 Å². The Morgan fingerprint density at radius 1 is 1.38 bits per heavy atom. The Kier molecular flexibility index (Phi) is 5.66. The fourth-order valence-electron chi connectivity index (χ4n) is 0.939. The second-order valence-electron chi connectivity index (χ2n) is 3.22. The van der Waals surface area contributed by atoms with Crippen molar-refractivity contribution in [1.82, 2.24) is 0 Å². The molecule has 0 rings (SSSR count). The Morgan fingerprint density at radius 2 is 2.00 bits per heavy atom. The molecule has 0 bridgehead atoms. The lowest BCUT2D eigenvalue weighted by Crippen LogP contribution is -2.15. The fourth-order valence-corrected chi connectivity index (χ4v) is 1.13. The molecule has 2 atom stereocenters. The molecule has 1 heteroatoms. The van der Waals surface area contributed by atoms with Crippen molar-refractivity contribution < 1.29 is 0 Å². The lowest BCUT2D eigenvalue weighted by atomic mass is 9.96. The molecule has 13 heavy (non-hydrogen) atoms. The highest BCUT2D eigenvalue weighted by molar-refractivity contribution is 7.19. The minimum Gasteiger partial charge on any atom is -0.127 e. The molecule has 2 unspecified atom stereocenters. The molecule has 0 aromatic heterocycles. The monoisotopic (exact) mass is 194 g/mol. The van der Waals surface area contributed by atoms with Gasteiger partial charge in [-0.15, -0.1) is 9.24 Å². The number of allylic oxidation sites excluding steroid dienone is 6. The molecular formula is C12H19P. The summed E-state index contributed by atoms with van der Waals surface area (Å²) in [4.78, 5) is 0. The minimum atomic E-state index is 0.133. The smallest absolute Gasteiger partial charge is 0.00668 e. The molecule has 0 fully saturated rings. The van der Waals surface area contributed by atoms with Gasteiger partial charge in [0.15, 0.2) is 0 Å². The topological polar surface area (TPSA) is 0 Å². The van der Waals surface area contributed by atoms with Crippen molar-refractivity contribution in [2.24, 2.45) is 0 Å². The molecule has 0 aliphatic rings. The Labute approximate surface area is 84.3 Å². The maximum Gasteiger partial charge on any atom is 0.00668 e. The minimum absolute atomic E-state index is 0.133. The van der Waals surface area contributed by atoms with Crippen LogP contribution in [0.25, 0.3) is 0 Å². The van der Waals surface area contributed by atoms with E-state index in [-0.39, 0.29) is 5.16 Å². The molecule has 0 radical (unpaired) electrons. The van der Waals surface area contributed by atoms with Crippen LogP contribution in [-0.2, 0) is 0 Å². The van der Waals surface area contributed by atoms with Gasteiger partial charge in [-0.2, -0.15) is 0 Å². The van der Waals surface area contributed by atoms with Gasteiger partial charge in [-0.05, 0) is 12.0 Å². The van der Waals surface area contributed by atoms with Crippen molar-refractivity contribution in [3.8, 4) is 0 Å². The van der Waals surface area contributed by atoms with E-state index in [9.17, 15) is 0 Å². The van der Waals surface area contributed by atoms with E-state index >= 15 is 0 Å². The van der Waals surface area contributed by atoms with Crippen LogP contribution in [0.3, 0.4) is 0 Å². The van der Waals surface area contributed by atoms with Crippen molar-refractivity contribution in [2.45, 2.75) is 25.4 Å². The third-order valence-corrected chi connectivity index (χ3v) is 2.84. The molecule has 0 saturated carbocycles. The summed E-state index contributed by atoms with van der Waals surface area (Å²) in [5, 5.41) is 0.133. The molecule has 0 aromatic carbocycles. The Morgan fingerprint density at radius 3 is 2.38 bits per heavy atom. The maximum atomic E-state index is 3.71. The zero-order chi connectivity index (χ0) is 10.3. The van der Waals surface area contributed by atoms with Crippen LogP contribution in [0, 0.1) is 0 Å². The van der Waals surface area contributed by atoms with Gasteiger partial charge in [0.2, 0.25) is 0 Å². The molecule has 0 aromatic rings. The number of hydrogen-bond acceptors (Lipinski definition) is 0. The van der Waals surface area contributed by atoms with Crippen LogP contribution in [0.1, 0.15) is 20.3 Å². The zero-order valence-electron chi connectivity index (χ0n) is 8.59. The van der Waals surface area contributed by atoms with Crippen LogP contribution in [0.2, 0.25) is 0 Å². The first kappa shape index (κ1) is 12.4. The van der Waals surface area contributed by atoms with E-state index in [0.29, 0.717) is 0 Å². The van der Waals surface area contributed by atoms with Gasteiger partial charge in [0, 0.05) is 5.16 Å². The van der Waals surface area contributed by atoms with Gasteiger partial charge in [0.25, 0.3) is 0 Å². The van der Waals surface area contributed by atoms with Crippen molar-refractivity contribution in [1.29, 1.82) is 0 Å². The summed E-state index contributed by atoms with van der Waals surface area (Å²) in [5.74, 6) is 0. The summed E-state index contributed by atoms with van der Waals surface area (Å²) in [6, 6.07) is 0. The second kappa shape index (κ2) is 5.94. The standard InChI is InChI=1S/C12H19P/c1-5-8-10-11(9-6-2)12(4,13)7-3/h5-6,8-10H,1-2,7,13H2,3-4H3/b10-8-,11-9+. The summed E-state index contributed by atoms with van der Waals surface area (Å²) < 4.78 is 0. The van der Waals surface area contributed by atoms with E-state index in [1.807, 2.05) is 18.2 Å². The summed E-state index contributed by atoms with van der Waals surface area (Å²) in [6.45, 7) is 11.7. The highest BCUT2D eigenvalue weighted by atomic mass is 31.0. The lowest BCUT2D eigenvalue weighted by molar-refractivity contribution is 0.727. The number of rotatable bonds is 5. The molecule has 72 valence electrons. The SMILES string of the molecule is C=C/C=C\C(=C/C=C)C(C)(P)CC. The summed E-state index contributed by atoms with van der Waals surface area (Å²) in [6.07, 6.45) is 10.8. The maximum absolute atomic E-state index is 3.71. The van der Waals surface area contributed by atoms with Crippen LogP contribution in [0.5, 0.6) is 0 Å². The Bertz CT molecular complexity index is 232. The Hall–Kier alpha value is -0.610. The normalized spacial score (nSPS) is 17.0. The van der Waals surface area contributed by atoms with Gasteiger partial charge in [-0.25, -0.2) is 0 Å². The van der Waals surface area contributed by atoms with E-state index in [4.69, 9.17) is 0 Å². The van der Waals surface area contributed by atoms with Crippen LogP contribution < -0.4 is 0 Å². The van der Waals surface area contributed by atoms with E-state index in [1.54, 1.807) is 6.08 Å². The van der Waals surface area contributed by atoms with Crippen molar-refractivity contribution in [3.63, 3.8) is 0 Å². The molecular weight excluding hydrogens is 175 g/mol. The van der Waals surface area contributed by atoms with Crippen LogP contribution in [0.15, 0.2) is 49.1 Å². The molecule has 0 aliphatic heterocycles. The summed E-state index contributed by atoms with van der Waals surface area (Å²) in [7, 11) is 2.87. The van der Waals surface area contributed by atoms with Crippen LogP contribution in [-0.4, -0.2) is 5.16 Å². The van der Waals surface area contributed by atoms with Gasteiger partial charge < -0.3 is 0 Å². The van der Waals surface area contributed by atoms with Gasteiger partial charge in [-0.1, -0.05) is 57.4 Å². The van der Waals surface area contributed by atoms with Crippen molar-refractivity contribution in [3.05, 3.63) is 49.1 Å². The second-order valence-corrected chi connectivity index (χ2v) is 4.50. The van der Waals surface area contributed by atoms with E-state index in [2.05, 4.69) is 42.3 Å². The molecule has 0 saturated heterocycles. The van der Waals surface area contributed by atoms with Crippen LogP contribution >= 0.6 is 9.24 Å². The van der Waals surface area contributed by atoms with Gasteiger partial charge in [0.1, 0.15) is 0 Å². The highest BCUT2D eigenvalue weighted by Crippen LogP contribution is 2.31. The first-order chi connectivity index (χ1) is 6.08. The van der Waals surface area contributed by atoms with E-state index < -0.39 is 0 Å². The molecule has 0 amide bonds. The fraction of sp³-hybridized carbons (Fsp3) is 0.333. The predicted octanol–water partition coefficient (Wildman–Crippen LogP) is 3.88. The number of hydrogen-bond donors (Lipinski definition) is 0. The summed E-state index contributed by atoms with van der Waals surface area (Å²) >= 11 is 0. The Balaban J connectivity index is 4.81. The highest BCUT2D eigenvalue weighted by Gasteiger charge is 2.17. The van der Waals surface area contributed by atoms with Crippen molar-refractivity contribution >= 4 is 9.24 Å². The average Bonchev–Trinajstić information content (AvgIpc) is 2.12. The molecule has 0 aliphatic carbocycles. The predicted molar refractivity (Wildman–Crippen MR) is 66.0 cm³/mol. The molecule has 0 spiro atoms. The molecule has 0 heterocycles. The van der Waals surface area contributed by atoms with Crippen molar-refractivity contribution in [2.75, 3.05) is 0 Å². The average molecular weight is 194 g/mol. The third kappa shape index (κ3) is 4.24. The first-order valence-electron chi connectivity index (χ1n) is 4.49. The van der Waals surface area contributed by atoms with Crippen LogP contribution in [0.4, 0.5) is 0 Å². The lowest BCUT2D eigenvalue weighted by Gasteiger charge is -2.23. The van der Waals surface area contributed by atoms with E-state index in [0.717, 1.165) is 6.42 Å². The van der Waals surface area contributed by atoms with E-state index in [1.165, 1.54) is 5.57 Å². The summed E-state index contributed by atoms with van der Waals surface area (Å²) in [5.41, 5.74) is 1.26. The molecule has 0 nitrogen and oxygen atoms in total. The molecule has 0 N–H and O–H groups in total. The largest absolute Gasteiger partial charge is 0.127 e. The zero-order valence-corrected chi connectivity index (χ0v) is 9.74. The first-order valence-corrected chi connectivity index (χ1v) is 5.07.